The minimum atomic E-state index is 0.739. The molecule has 2 aliphatic heterocycles. The van der Waals surface area contributed by atoms with Gasteiger partial charge in [0.15, 0.2) is 0 Å². The second kappa shape index (κ2) is 6.88. The molecule has 2 heterocycles. The SMILES string of the molecule is CCN1CCN(CC[C@@H]2CCN(C(C)C)C2)CC1. The lowest BCUT2D eigenvalue weighted by atomic mass is 10.0. The summed E-state index contributed by atoms with van der Waals surface area (Å²) >= 11 is 0. The van der Waals surface area contributed by atoms with Crippen LogP contribution in [0.3, 0.4) is 0 Å². The first-order valence-electron chi connectivity index (χ1n) is 7.87. The summed E-state index contributed by atoms with van der Waals surface area (Å²) in [6, 6.07) is 0.739. The lowest BCUT2D eigenvalue weighted by Gasteiger charge is -2.34. The lowest BCUT2D eigenvalue weighted by Crippen LogP contribution is -2.46. The molecule has 18 heavy (non-hydrogen) atoms. The lowest BCUT2D eigenvalue weighted by molar-refractivity contribution is 0.131. The van der Waals surface area contributed by atoms with Gasteiger partial charge in [-0.15, -0.1) is 0 Å². The summed E-state index contributed by atoms with van der Waals surface area (Å²) in [6.45, 7) is 17.3. The van der Waals surface area contributed by atoms with Crippen LogP contribution in [0.1, 0.15) is 33.6 Å². The Morgan fingerprint density at radius 1 is 1.00 bits per heavy atom. The van der Waals surface area contributed by atoms with Crippen molar-refractivity contribution in [2.45, 2.75) is 39.7 Å². The van der Waals surface area contributed by atoms with E-state index in [0.717, 1.165) is 12.0 Å². The zero-order valence-corrected chi connectivity index (χ0v) is 12.6. The Morgan fingerprint density at radius 2 is 1.67 bits per heavy atom. The molecule has 0 aliphatic carbocycles. The van der Waals surface area contributed by atoms with Crippen molar-refractivity contribution >= 4 is 0 Å². The number of likely N-dealkylation sites (tertiary alicyclic amines) is 1. The Balaban J connectivity index is 1.61. The van der Waals surface area contributed by atoms with Crippen LogP contribution in [0.5, 0.6) is 0 Å². The summed E-state index contributed by atoms with van der Waals surface area (Å²) < 4.78 is 0. The van der Waals surface area contributed by atoms with Crippen molar-refractivity contribution in [3.05, 3.63) is 0 Å². The van der Waals surface area contributed by atoms with Gasteiger partial charge in [-0.25, -0.2) is 0 Å². The Kier molecular flexibility index (Phi) is 5.46. The standard InChI is InChI=1S/C15H31N3/c1-4-16-9-11-17(12-10-16)7-5-15-6-8-18(13-15)14(2)3/h14-15H,4-13H2,1-3H3/t15-/m1/s1. The van der Waals surface area contributed by atoms with Gasteiger partial charge in [-0.3, -0.25) is 0 Å². The van der Waals surface area contributed by atoms with Crippen LogP contribution in [0.15, 0.2) is 0 Å². The fraction of sp³-hybridized carbons (Fsp3) is 1.00. The molecule has 2 rings (SSSR count). The quantitative estimate of drug-likeness (QED) is 0.739. The van der Waals surface area contributed by atoms with Crippen molar-refractivity contribution in [2.24, 2.45) is 5.92 Å². The third-order valence-corrected chi connectivity index (χ3v) is 4.81. The number of rotatable bonds is 5. The van der Waals surface area contributed by atoms with Crippen LogP contribution in [-0.2, 0) is 0 Å². The molecule has 0 saturated carbocycles. The van der Waals surface area contributed by atoms with Crippen LogP contribution in [0, 0.1) is 5.92 Å². The van der Waals surface area contributed by atoms with Gasteiger partial charge in [-0.2, -0.15) is 0 Å². The average Bonchev–Trinajstić information content (AvgIpc) is 2.86. The maximum atomic E-state index is 2.67. The van der Waals surface area contributed by atoms with E-state index in [1.54, 1.807) is 0 Å². The summed E-state index contributed by atoms with van der Waals surface area (Å²) in [6.07, 6.45) is 2.84. The predicted octanol–water partition coefficient (Wildman–Crippen LogP) is 1.74. The molecule has 1 atom stereocenters. The van der Waals surface area contributed by atoms with E-state index in [4.69, 9.17) is 0 Å². The molecule has 0 spiro atoms. The summed E-state index contributed by atoms with van der Waals surface area (Å²) in [5, 5.41) is 0. The highest BCUT2D eigenvalue weighted by atomic mass is 15.3. The summed E-state index contributed by atoms with van der Waals surface area (Å²) in [5.74, 6) is 0.955. The van der Waals surface area contributed by atoms with Crippen molar-refractivity contribution in [1.82, 2.24) is 14.7 Å². The molecule has 0 bridgehead atoms. The van der Waals surface area contributed by atoms with E-state index in [0.29, 0.717) is 0 Å². The minimum absolute atomic E-state index is 0.739. The van der Waals surface area contributed by atoms with Crippen molar-refractivity contribution in [3.8, 4) is 0 Å². The molecule has 0 unspecified atom stereocenters. The van der Waals surface area contributed by atoms with Crippen LogP contribution in [0.4, 0.5) is 0 Å². The van der Waals surface area contributed by atoms with Gasteiger partial charge >= 0.3 is 0 Å². The maximum Gasteiger partial charge on any atom is 0.0110 e. The zero-order chi connectivity index (χ0) is 13.0. The predicted molar refractivity (Wildman–Crippen MR) is 78.0 cm³/mol. The zero-order valence-electron chi connectivity index (χ0n) is 12.6. The van der Waals surface area contributed by atoms with E-state index in [2.05, 4.69) is 35.5 Å². The van der Waals surface area contributed by atoms with Crippen molar-refractivity contribution < 1.29 is 0 Å². The van der Waals surface area contributed by atoms with Gasteiger partial charge in [0.05, 0.1) is 0 Å². The van der Waals surface area contributed by atoms with Gasteiger partial charge in [-0.05, 0) is 52.2 Å². The fourth-order valence-corrected chi connectivity index (χ4v) is 3.26. The molecule has 0 amide bonds. The molecule has 0 aromatic rings. The first-order valence-corrected chi connectivity index (χ1v) is 7.87. The van der Waals surface area contributed by atoms with Crippen molar-refractivity contribution in [1.29, 1.82) is 0 Å². The highest BCUT2D eigenvalue weighted by molar-refractivity contribution is 4.79. The topological polar surface area (TPSA) is 9.72 Å². The van der Waals surface area contributed by atoms with E-state index < -0.39 is 0 Å². The first-order chi connectivity index (χ1) is 8.69. The van der Waals surface area contributed by atoms with Crippen molar-refractivity contribution in [3.63, 3.8) is 0 Å². The minimum Gasteiger partial charge on any atom is -0.301 e. The molecule has 0 aromatic carbocycles. The largest absolute Gasteiger partial charge is 0.301 e. The van der Waals surface area contributed by atoms with E-state index in [9.17, 15) is 0 Å². The number of nitrogens with zero attached hydrogens (tertiary/aromatic N) is 3. The van der Waals surface area contributed by atoms with E-state index >= 15 is 0 Å². The molecule has 0 N–H and O–H groups in total. The van der Waals surface area contributed by atoms with Crippen LogP contribution in [0.2, 0.25) is 0 Å². The van der Waals surface area contributed by atoms with Gasteiger partial charge in [-0.1, -0.05) is 6.92 Å². The third-order valence-electron chi connectivity index (χ3n) is 4.81. The number of piperazine rings is 1. The molecule has 2 saturated heterocycles. The molecular weight excluding hydrogens is 222 g/mol. The molecule has 106 valence electrons. The normalized spacial score (nSPS) is 28.3. The molecule has 3 heteroatoms. The van der Waals surface area contributed by atoms with Gasteiger partial charge in [0.25, 0.3) is 0 Å². The van der Waals surface area contributed by atoms with Crippen molar-refractivity contribution in [2.75, 3.05) is 52.4 Å². The van der Waals surface area contributed by atoms with Gasteiger partial charge in [0, 0.05) is 38.8 Å². The Morgan fingerprint density at radius 3 is 2.22 bits per heavy atom. The summed E-state index contributed by atoms with van der Waals surface area (Å²) in [5.41, 5.74) is 0. The van der Waals surface area contributed by atoms with E-state index in [1.165, 1.54) is 65.2 Å². The molecular formula is C15H31N3. The second-order valence-corrected chi connectivity index (χ2v) is 6.31. The number of likely N-dealkylation sites (N-methyl/N-ethyl adjacent to an activating group) is 1. The first kappa shape index (κ1) is 14.3. The molecule has 2 fully saturated rings. The van der Waals surface area contributed by atoms with E-state index in [1.807, 2.05) is 0 Å². The van der Waals surface area contributed by atoms with E-state index in [-0.39, 0.29) is 0 Å². The Bertz CT molecular complexity index is 234. The summed E-state index contributed by atoms with van der Waals surface area (Å²) in [7, 11) is 0. The molecule has 2 aliphatic rings. The molecule has 0 radical (unpaired) electrons. The average molecular weight is 253 g/mol. The highest BCUT2D eigenvalue weighted by Gasteiger charge is 2.25. The maximum absolute atomic E-state index is 2.67. The van der Waals surface area contributed by atoms with Gasteiger partial charge in [0.2, 0.25) is 0 Å². The van der Waals surface area contributed by atoms with Crippen LogP contribution >= 0.6 is 0 Å². The Hall–Kier alpha value is -0.120. The van der Waals surface area contributed by atoms with Crippen LogP contribution in [-0.4, -0.2) is 73.1 Å². The van der Waals surface area contributed by atoms with Gasteiger partial charge in [0.1, 0.15) is 0 Å². The second-order valence-electron chi connectivity index (χ2n) is 6.31. The number of hydrogen-bond acceptors (Lipinski definition) is 3. The van der Waals surface area contributed by atoms with Crippen LogP contribution < -0.4 is 0 Å². The smallest absolute Gasteiger partial charge is 0.0110 e. The van der Waals surface area contributed by atoms with Crippen LogP contribution in [0.25, 0.3) is 0 Å². The summed E-state index contributed by atoms with van der Waals surface area (Å²) in [4.78, 5) is 7.87. The fourth-order valence-electron chi connectivity index (χ4n) is 3.26. The molecule has 3 nitrogen and oxygen atoms in total. The highest BCUT2D eigenvalue weighted by Crippen LogP contribution is 2.21. The number of hydrogen-bond donors (Lipinski definition) is 0. The van der Waals surface area contributed by atoms with Gasteiger partial charge < -0.3 is 14.7 Å². The monoisotopic (exact) mass is 253 g/mol. The third kappa shape index (κ3) is 3.94. The molecule has 0 aromatic heterocycles. The Labute approximate surface area is 113 Å².